The van der Waals surface area contributed by atoms with E-state index in [1.54, 1.807) is 13.8 Å². The van der Waals surface area contributed by atoms with Gasteiger partial charge < -0.3 is 34.8 Å². The van der Waals surface area contributed by atoms with Gasteiger partial charge in [-0.2, -0.15) is 0 Å². The molecule has 2 aliphatic carbocycles. The van der Waals surface area contributed by atoms with Crippen molar-refractivity contribution in [3.8, 4) is 0 Å². The average Bonchev–Trinajstić information content (AvgIpc) is 2.68. The Kier molecular flexibility index (Phi) is 7.71. The number of aliphatic carboxylic acids is 3. The van der Waals surface area contributed by atoms with Crippen molar-refractivity contribution in [3.05, 3.63) is 0 Å². The fraction of sp³-hybridized carbons (Fsp3) is 0.864. The molecule has 7 heteroatoms. The molecule has 2 fully saturated rings. The number of rotatable bonds is 9. The molecule has 29 heavy (non-hydrogen) atoms. The van der Waals surface area contributed by atoms with Gasteiger partial charge in [0.15, 0.2) is 0 Å². The highest BCUT2D eigenvalue weighted by Crippen LogP contribution is 2.55. The molecule has 0 radical (unpaired) electrons. The molecular weight excluding hydrogens is 376 g/mol. The van der Waals surface area contributed by atoms with E-state index in [2.05, 4.69) is 0 Å². The molecule has 2 aliphatic rings. The molecule has 2 saturated carbocycles. The predicted molar refractivity (Wildman–Crippen MR) is 98.5 cm³/mol. The summed E-state index contributed by atoms with van der Waals surface area (Å²) in [7, 11) is 0. The van der Waals surface area contributed by atoms with Crippen LogP contribution in [0.4, 0.5) is 0 Å². The van der Waals surface area contributed by atoms with Gasteiger partial charge >= 0.3 is 0 Å². The summed E-state index contributed by atoms with van der Waals surface area (Å²) in [5.74, 6) is -7.47. The van der Waals surface area contributed by atoms with Crippen molar-refractivity contribution in [1.29, 1.82) is 0 Å². The summed E-state index contributed by atoms with van der Waals surface area (Å²) in [6, 6.07) is 0. The van der Waals surface area contributed by atoms with Gasteiger partial charge in [0.2, 0.25) is 0 Å². The normalized spacial score (nSPS) is 25.3. The molecule has 0 heterocycles. The average molecular weight is 409 g/mol. The third-order valence-electron chi connectivity index (χ3n) is 7.91. The molecule has 0 amide bonds. The fourth-order valence-electron chi connectivity index (χ4n) is 6.32. The maximum Gasteiger partial charge on any atom is 0.120 e. The highest BCUT2D eigenvalue weighted by atomic mass is 16.4. The van der Waals surface area contributed by atoms with Crippen molar-refractivity contribution in [2.45, 2.75) is 90.1 Å². The first-order chi connectivity index (χ1) is 13.6. The van der Waals surface area contributed by atoms with Crippen LogP contribution in [0, 0.1) is 29.1 Å². The van der Waals surface area contributed by atoms with Gasteiger partial charge in [-0.25, -0.2) is 0 Å². The maximum atomic E-state index is 12.7. The van der Waals surface area contributed by atoms with E-state index in [0.29, 0.717) is 25.7 Å². The molecule has 0 aromatic heterocycles. The number of carbonyl (C=O) groups excluding carboxylic acids is 3. The number of carbonyl (C=O) groups is 3. The molecule has 7 nitrogen and oxygen atoms in total. The second-order valence-electron chi connectivity index (χ2n) is 9.23. The van der Waals surface area contributed by atoms with E-state index in [1.807, 2.05) is 0 Å². The van der Waals surface area contributed by atoms with Gasteiger partial charge in [0.05, 0.1) is 17.4 Å². The Morgan fingerprint density at radius 1 is 0.793 bits per heavy atom. The van der Waals surface area contributed by atoms with Crippen molar-refractivity contribution in [3.63, 3.8) is 0 Å². The summed E-state index contributed by atoms with van der Waals surface area (Å²) in [4.78, 5) is 36.3. The molecule has 3 unspecified atom stereocenters. The first kappa shape index (κ1) is 23.6. The lowest BCUT2D eigenvalue weighted by Gasteiger charge is -2.59. The second-order valence-corrected chi connectivity index (χ2v) is 9.23. The quantitative estimate of drug-likeness (QED) is 0.555. The first-order valence-corrected chi connectivity index (χ1v) is 10.9. The molecule has 0 aliphatic heterocycles. The van der Waals surface area contributed by atoms with Crippen molar-refractivity contribution < 1.29 is 34.8 Å². The molecule has 166 valence electrons. The highest BCUT2D eigenvalue weighted by Gasteiger charge is 2.61. The van der Waals surface area contributed by atoms with Gasteiger partial charge in [-0.15, -0.1) is 0 Å². The molecule has 0 aromatic rings. The summed E-state index contributed by atoms with van der Waals surface area (Å²) in [5.41, 5.74) is -5.39. The summed E-state index contributed by atoms with van der Waals surface area (Å²) in [6.45, 7) is 3.27. The Morgan fingerprint density at radius 3 is 1.45 bits per heavy atom. The van der Waals surface area contributed by atoms with Gasteiger partial charge in [0.25, 0.3) is 0 Å². The Hall–Kier alpha value is -1.63. The largest absolute Gasteiger partial charge is 0.550 e. The first-order valence-electron chi connectivity index (χ1n) is 10.9. The van der Waals surface area contributed by atoms with E-state index in [-0.39, 0.29) is 11.8 Å². The standard InChI is InChI=1S/C22H36O7/c1-14(16-9-5-3-6-10-16)22(20(27)28,15(2)17-11-7-4-8-12-17)21(29,19(25)26)13-18(23)24/h14-17,29H,3-13H2,1-2H3,(H,23,24)(H,25,26)(H,27,28)/p-3. The van der Waals surface area contributed by atoms with E-state index in [0.717, 1.165) is 38.5 Å². The summed E-state index contributed by atoms with van der Waals surface area (Å²) < 4.78 is 0. The highest BCUT2D eigenvalue weighted by molar-refractivity contribution is 5.90. The molecule has 2 rings (SSSR count). The van der Waals surface area contributed by atoms with Crippen LogP contribution >= 0.6 is 0 Å². The van der Waals surface area contributed by atoms with Crippen molar-refractivity contribution in [2.75, 3.05) is 0 Å². The van der Waals surface area contributed by atoms with E-state index in [1.165, 1.54) is 0 Å². The SMILES string of the molecule is CC(C1CCCCC1)C(C(=O)[O-])(C(C)C1CCCCC1)C(O)(CC(=O)[O-])C(=O)[O-]. The third kappa shape index (κ3) is 4.30. The Balaban J connectivity index is 2.65. The van der Waals surface area contributed by atoms with Crippen LogP contribution in [0.2, 0.25) is 0 Å². The minimum absolute atomic E-state index is 0.139. The summed E-state index contributed by atoms with van der Waals surface area (Å²) in [6.07, 6.45) is 7.10. The molecule has 0 saturated heterocycles. The minimum Gasteiger partial charge on any atom is -0.550 e. The van der Waals surface area contributed by atoms with Crippen LogP contribution in [-0.2, 0) is 14.4 Å². The number of carboxylic acid groups (broad SMARTS) is 3. The van der Waals surface area contributed by atoms with Gasteiger partial charge in [-0.3, -0.25) is 0 Å². The topological polar surface area (TPSA) is 141 Å². The lowest BCUT2D eigenvalue weighted by atomic mass is 9.50. The van der Waals surface area contributed by atoms with E-state index < -0.39 is 47.2 Å². The summed E-state index contributed by atoms with van der Waals surface area (Å²) >= 11 is 0. The van der Waals surface area contributed by atoms with Crippen LogP contribution in [0.1, 0.15) is 84.5 Å². The van der Waals surface area contributed by atoms with Crippen LogP contribution in [-0.4, -0.2) is 28.6 Å². The van der Waals surface area contributed by atoms with Crippen molar-refractivity contribution in [2.24, 2.45) is 29.1 Å². The predicted octanol–water partition coefficient (Wildman–Crippen LogP) is -0.223. The second kappa shape index (κ2) is 9.45. The van der Waals surface area contributed by atoms with E-state index in [9.17, 15) is 34.8 Å². The Morgan fingerprint density at radius 2 is 1.17 bits per heavy atom. The zero-order valence-electron chi connectivity index (χ0n) is 17.5. The molecule has 1 N–H and O–H groups in total. The fourth-order valence-corrected chi connectivity index (χ4v) is 6.32. The van der Waals surface area contributed by atoms with Gasteiger partial charge in [0.1, 0.15) is 5.60 Å². The monoisotopic (exact) mass is 409 g/mol. The zero-order chi connectivity index (χ0) is 21.8. The third-order valence-corrected chi connectivity index (χ3v) is 7.91. The van der Waals surface area contributed by atoms with Gasteiger partial charge in [0, 0.05) is 12.4 Å². The van der Waals surface area contributed by atoms with E-state index >= 15 is 0 Å². The Labute approximate surface area is 172 Å². The van der Waals surface area contributed by atoms with Crippen LogP contribution in [0.25, 0.3) is 0 Å². The number of aliphatic hydroxyl groups is 1. The molecular formula is C22H33O7-3. The van der Waals surface area contributed by atoms with Crippen LogP contribution < -0.4 is 15.3 Å². The number of carboxylic acids is 3. The zero-order valence-corrected chi connectivity index (χ0v) is 17.5. The smallest absolute Gasteiger partial charge is 0.120 e. The summed E-state index contributed by atoms with van der Waals surface area (Å²) in [5, 5.41) is 47.5. The molecule has 0 bridgehead atoms. The maximum absolute atomic E-state index is 12.7. The molecule has 3 atom stereocenters. The van der Waals surface area contributed by atoms with Crippen molar-refractivity contribution >= 4 is 17.9 Å². The van der Waals surface area contributed by atoms with Crippen molar-refractivity contribution in [1.82, 2.24) is 0 Å². The van der Waals surface area contributed by atoms with Gasteiger partial charge in [-0.05, 0) is 23.7 Å². The van der Waals surface area contributed by atoms with E-state index in [4.69, 9.17) is 0 Å². The van der Waals surface area contributed by atoms with Gasteiger partial charge in [-0.1, -0.05) is 78.1 Å². The molecule has 0 spiro atoms. The van der Waals surface area contributed by atoms with Crippen LogP contribution in [0.5, 0.6) is 0 Å². The lowest BCUT2D eigenvalue weighted by Crippen LogP contribution is -2.72. The lowest BCUT2D eigenvalue weighted by molar-refractivity contribution is -0.367. The van der Waals surface area contributed by atoms with Crippen LogP contribution in [0.15, 0.2) is 0 Å². The number of hydrogen-bond acceptors (Lipinski definition) is 7. The Bertz CT molecular complexity index is 580. The minimum atomic E-state index is -3.11. The number of hydrogen-bond donors (Lipinski definition) is 1. The van der Waals surface area contributed by atoms with Crippen LogP contribution in [0.3, 0.4) is 0 Å². The molecule has 0 aromatic carbocycles.